The van der Waals surface area contributed by atoms with Crippen molar-refractivity contribution >= 4 is 0 Å². The van der Waals surface area contributed by atoms with Crippen molar-refractivity contribution in [2.45, 2.75) is 12.6 Å². The minimum absolute atomic E-state index is 0.0106. The van der Waals surface area contributed by atoms with Gasteiger partial charge in [0.2, 0.25) is 0 Å². The normalized spacial score (nSPS) is 10.5. The van der Waals surface area contributed by atoms with Crippen molar-refractivity contribution in [3.8, 4) is 17.9 Å². The molecule has 0 bridgehead atoms. The van der Waals surface area contributed by atoms with Gasteiger partial charge >= 0.3 is 6.18 Å². The van der Waals surface area contributed by atoms with Gasteiger partial charge in [0.15, 0.2) is 0 Å². The fourth-order valence-corrected chi connectivity index (χ4v) is 1.35. The molecule has 17 heavy (non-hydrogen) atoms. The lowest BCUT2D eigenvalue weighted by Crippen LogP contribution is -2.09. The zero-order valence-electron chi connectivity index (χ0n) is 8.80. The Bertz CT molecular complexity index is 509. The zero-order valence-corrected chi connectivity index (χ0v) is 8.80. The van der Waals surface area contributed by atoms with Crippen LogP contribution in [0.2, 0.25) is 0 Å². The van der Waals surface area contributed by atoms with Crippen molar-refractivity contribution in [2.24, 2.45) is 0 Å². The van der Waals surface area contributed by atoms with Crippen LogP contribution in [0.3, 0.4) is 0 Å². The minimum atomic E-state index is -4.58. The van der Waals surface area contributed by atoms with Crippen LogP contribution in [0.5, 0.6) is 5.75 Å². The first kappa shape index (κ1) is 12.9. The molecule has 6 heteroatoms. The zero-order chi connectivity index (χ0) is 13.1. The molecule has 0 spiro atoms. The van der Waals surface area contributed by atoms with Crippen molar-refractivity contribution in [2.75, 3.05) is 7.11 Å². The van der Waals surface area contributed by atoms with Gasteiger partial charge in [-0.1, -0.05) is 0 Å². The van der Waals surface area contributed by atoms with E-state index in [0.717, 1.165) is 19.2 Å². The number of alkyl halides is 3. The van der Waals surface area contributed by atoms with Gasteiger partial charge in [-0.15, -0.1) is 0 Å². The van der Waals surface area contributed by atoms with Crippen molar-refractivity contribution in [1.29, 1.82) is 10.5 Å². The predicted molar refractivity (Wildman–Crippen MR) is 52.0 cm³/mol. The van der Waals surface area contributed by atoms with Crippen LogP contribution in [-0.4, -0.2) is 7.11 Å². The highest BCUT2D eigenvalue weighted by Crippen LogP contribution is 2.37. The summed E-state index contributed by atoms with van der Waals surface area (Å²) in [4.78, 5) is 0. The maximum absolute atomic E-state index is 12.6. The van der Waals surface area contributed by atoms with Gasteiger partial charge in [-0.25, -0.2) is 0 Å². The van der Waals surface area contributed by atoms with Crippen molar-refractivity contribution in [3.63, 3.8) is 0 Å². The molecule has 0 fully saturated rings. The number of hydrogen-bond acceptors (Lipinski definition) is 3. The van der Waals surface area contributed by atoms with Gasteiger partial charge in [-0.05, 0) is 17.7 Å². The van der Waals surface area contributed by atoms with E-state index in [2.05, 4.69) is 4.74 Å². The van der Waals surface area contributed by atoms with E-state index in [-0.39, 0.29) is 17.5 Å². The second-order valence-electron chi connectivity index (χ2n) is 3.15. The Labute approximate surface area is 95.7 Å². The van der Waals surface area contributed by atoms with Crippen LogP contribution in [0, 0.1) is 22.7 Å². The maximum atomic E-state index is 12.6. The Morgan fingerprint density at radius 1 is 1.29 bits per heavy atom. The lowest BCUT2D eigenvalue weighted by atomic mass is 10.0. The van der Waals surface area contributed by atoms with Gasteiger partial charge < -0.3 is 4.74 Å². The van der Waals surface area contributed by atoms with Crippen LogP contribution in [0.15, 0.2) is 12.1 Å². The molecule has 0 saturated heterocycles. The van der Waals surface area contributed by atoms with E-state index in [1.54, 1.807) is 12.1 Å². The largest absolute Gasteiger partial charge is 0.496 e. The lowest BCUT2D eigenvalue weighted by molar-refractivity contribution is -0.138. The summed E-state index contributed by atoms with van der Waals surface area (Å²) in [5.41, 5.74) is -0.927. The number of benzene rings is 1. The first-order valence-electron chi connectivity index (χ1n) is 4.49. The highest BCUT2D eigenvalue weighted by Gasteiger charge is 2.35. The standard InChI is InChI=1S/C11H7F3N2O/c1-17-10-5-8(6-16)7(2-3-15)4-9(10)11(12,13)14/h4-5H,2H2,1H3. The summed E-state index contributed by atoms with van der Waals surface area (Å²) in [5, 5.41) is 17.3. The molecule has 0 saturated carbocycles. The molecule has 3 nitrogen and oxygen atoms in total. The lowest BCUT2D eigenvalue weighted by Gasteiger charge is -2.13. The van der Waals surface area contributed by atoms with Gasteiger partial charge in [0.1, 0.15) is 5.75 Å². The van der Waals surface area contributed by atoms with Crippen molar-refractivity contribution in [3.05, 3.63) is 28.8 Å². The summed E-state index contributed by atoms with van der Waals surface area (Å²) >= 11 is 0. The van der Waals surface area contributed by atoms with E-state index in [1.165, 1.54) is 0 Å². The molecule has 0 aliphatic heterocycles. The molecule has 0 aliphatic rings. The third-order valence-electron chi connectivity index (χ3n) is 2.12. The number of methoxy groups -OCH3 is 1. The molecule has 1 aromatic carbocycles. The highest BCUT2D eigenvalue weighted by molar-refractivity contribution is 5.50. The topological polar surface area (TPSA) is 56.8 Å². The number of hydrogen-bond donors (Lipinski definition) is 0. The SMILES string of the molecule is COc1cc(C#N)c(CC#N)cc1C(F)(F)F. The Kier molecular flexibility index (Phi) is 3.59. The number of rotatable bonds is 2. The molecule has 0 N–H and O–H groups in total. The van der Waals surface area contributed by atoms with E-state index in [1.807, 2.05) is 0 Å². The van der Waals surface area contributed by atoms with Gasteiger partial charge in [0.05, 0.1) is 36.8 Å². The number of halogens is 3. The number of nitrogens with zero attached hydrogens (tertiary/aromatic N) is 2. The molecule has 0 radical (unpaired) electrons. The summed E-state index contributed by atoms with van der Waals surface area (Å²) in [6, 6.07) is 5.22. The van der Waals surface area contributed by atoms with Crippen LogP contribution < -0.4 is 4.74 Å². The summed E-state index contributed by atoms with van der Waals surface area (Å²) in [5.74, 6) is -0.421. The van der Waals surface area contributed by atoms with E-state index in [0.29, 0.717) is 0 Å². The van der Waals surface area contributed by atoms with Crippen LogP contribution in [0.25, 0.3) is 0 Å². The second kappa shape index (κ2) is 4.75. The molecule has 0 aromatic heterocycles. The van der Waals surface area contributed by atoms with Crippen LogP contribution in [0.1, 0.15) is 16.7 Å². The van der Waals surface area contributed by atoms with E-state index >= 15 is 0 Å². The quantitative estimate of drug-likeness (QED) is 0.798. The Morgan fingerprint density at radius 3 is 2.35 bits per heavy atom. The average molecular weight is 240 g/mol. The van der Waals surface area contributed by atoms with E-state index < -0.39 is 17.5 Å². The molecule has 0 unspecified atom stereocenters. The molecule has 1 rings (SSSR count). The fourth-order valence-electron chi connectivity index (χ4n) is 1.35. The van der Waals surface area contributed by atoms with E-state index in [4.69, 9.17) is 10.5 Å². The first-order chi connectivity index (χ1) is 7.93. The highest BCUT2D eigenvalue weighted by atomic mass is 19.4. The third-order valence-corrected chi connectivity index (χ3v) is 2.12. The van der Waals surface area contributed by atoms with Crippen LogP contribution in [-0.2, 0) is 12.6 Å². The molecule has 1 aromatic rings. The average Bonchev–Trinajstić information content (AvgIpc) is 2.27. The third kappa shape index (κ3) is 2.67. The van der Waals surface area contributed by atoms with Crippen molar-refractivity contribution < 1.29 is 17.9 Å². The molecule has 88 valence electrons. The monoisotopic (exact) mass is 240 g/mol. The minimum Gasteiger partial charge on any atom is -0.496 e. The molecule has 0 aliphatic carbocycles. The van der Waals surface area contributed by atoms with E-state index in [9.17, 15) is 13.2 Å². The summed E-state index contributed by atoms with van der Waals surface area (Å²) in [6.07, 6.45) is -4.83. The number of nitriles is 2. The Balaban J connectivity index is 3.47. The summed E-state index contributed by atoms with van der Waals surface area (Å²) in [7, 11) is 1.09. The molecule has 0 amide bonds. The fraction of sp³-hybridized carbons (Fsp3) is 0.273. The number of ether oxygens (including phenoxy) is 1. The van der Waals surface area contributed by atoms with Gasteiger partial charge in [0.25, 0.3) is 0 Å². The summed E-state index contributed by atoms with van der Waals surface area (Å²) < 4.78 is 42.5. The molecular weight excluding hydrogens is 233 g/mol. The molecular formula is C11H7F3N2O. The van der Waals surface area contributed by atoms with Crippen molar-refractivity contribution in [1.82, 2.24) is 0 Å². The summed E-state index contributed by atoms with van der Waals surface area (Å²) in [6.45, 7) is 0. The molecule has 0 heterocycles. The molecule has 0 atom stereocenters. The van der Waals surface area contributed by atoms with Gasteiger partial charge in [-0.3, -0.25) is 0 Å². The van der Waals surface area contributed by atoms with Crippen LogP contribution >= 0.6 is 0 Å². The maximum Gasteiger partial charge on any atom is 0.419 e. The predicted octanol–water partition coefficient (Wildman–Crippen LogP) is 2.65. The second-order valence-corrected chi connectivity index (χ2v) is 3.15. The van der Waals surface area contributed by atoms with Gasteiger partial charge in [0, 0.05) is 0 Å². The van der Waals surface area contributed by atoms with Gasteiger partial charge in [-0.2, -0.15) is 23.7 Å². The first-order valence-corrected chi connectivity index (χ1v) is 4.49. The Morgan fingerprint density at radius 2 is 1.94 bits per heavy atom. The smallest absolute Gasteiger partial charge is 0.419 e. The Hall–Kier alpha value is -2.21. The van der Waals surface area contributed by atoms with Crippen LogP contribution in [0.4, 0.5) is 13.2 Å².